The number of nitrogens with zero attached hydrogens (tertiary/aromatic N) is 14. The minimum Gasteiger partial charge on any atom is -0.360 e. The Labute approximate surface area is 648 Å². The van der Waals surface area contributed by atoms with Crippen LogP contribution in [0, 0.1) is 49.4 Å². The van der Waals surface area contributed by atoms with Crippen LogP contribution in [0.15, 0.2) is 82.2 Å². The van der Waals surface area contributed by atoms with Crippen molar-refractivity contribution < 1.29 is 12.9 Å². The second-order valence-corrected chi connectivity index (χ2v) is 40.0. The molecular formula is C90H125N15O3S. The number of aromatic amines is 1. The Morgan fingerprint density at radius 2 is 0.771 bits per heavy atom. The van der Waals surface area contributed by atoms with Gasteiger partial charge in [-0.05, 0) is 251 Å². The fourth-order valence-electron chi connectivity index (χ4n) is 27.6. The average Bonchev–Trinajstić information content (AvgIpc) is 1.65. The highest BCUT2D eigenvalue weighted by Crippen LogP contribution is 2.54. The number of para-hydroxylation sites is 6. The molecule has 5 aromatic heterocycles. The van der Waals surface area contributed by atoms with Crippen molar-refractivity contribution in [3.8, 4) is 11.6 Å². The summed E-state index contributed by atoms with van der Waals surface area (Å²) in [6.07, 6.45) is 57.8. The molecule has 3 aromatic carbocycles. The van der Waals surface area contributed by atoms with Crippen molar-refractivity contribution in [3.05, 3.63) is 95.9 Å². The lowest BCUT2D eigenvalue weighted by Crippen LogP contribution is -2.58. The minimum atomic E-state index is -3.77. The SMILES string of the molecule is Cc1noc(C)c1S(=O)(=O)N1CCC[C@@H]1c1nc2ccccc2n1C1C[C@H]2CCC[C@@H](C1)N2C1C[C@H]2CCCC[C@@H](C1)C2.c1ccc2c(c1)nc(-c1nn[nH]n1)n2C1C[C@H]2CCC[C@@H](C1)N2C1C[C@H]2CCCC[C@@H](C1)C2.c1ccc2c(c1)nc(C1CCCC1)n2C1C[C@H]2CCC[C@@H](C1)N2C1C[C@H]2CCCC[C@@H](C1)C2. The number of nitrogens with one attached hydrogen (secondary N) is 1. The molecule has 18 nitrogen and oxygen atoms in total. The second kappa shape index (κ2) is 30.8. The van der Waals surface area contributed by atoms with Crippen LogP contribution in [0.2, 0.25) is 0 Å². The van der Waals surface area contributed by atoms with Crippen molar-refractivity contribution >= 4 is 43.1 Å². The maximum atomic E-state index is 14.1. The van der Waals surface area contributed by atoms with Gasteiger partial charge in [0, 0.05) is 85.0 Å². The van der Waals surface area contributed by atoms with Gasteiger partial charge in [0.1, 0.15) is 22.2 Å². The van der Waals surface area contributed by atoms with Gasteiger partial charge in [-0.3, -0.25) is 14.7 Å². The van der Waals surface area contributed by atoms with Crippen molar-refractivity contribution in [2.75, 3.05) is 6.54 Å². The summed E-state index contributed by atoms with van der Waals surface area (Å²) in [6, 6.07) is 33.8. The van der Waals surface area contributed by atoms with E-state index in [0.717, 1.165) is 120 Å². The quantitative estimate of drug-likeness (QED) is 0.129. The van der Waals surface area contributed by atoms with Crippen LogP contribution in [0.3, 0.4) is 0 Å². The van der Waals surface area contributed by atoms with Crippen LogP contribution in [0.25, 0.3) is 44.7 Å². The van der Waals surface area contributed by atoms with Crippen LogP contribution >= 0.6 is 0 Å². The molecule has 584 valence electrons. The molecule has 0 spiro atoms. The molecule has 7 aliphatic heterocycles. The number of imidazole rings is 3. The number of aryl methyl sites for hydroxylation is 2. The molecule has 19 atom stereocenters. The molecule has 109 heavy (non-hydrogen) atoms. The monoisotopic (exact) mass is 1500 g/mol. The van der Waals surface area contributed by atoms with Crippen LogP contribution in [0.4, 0.5) is 0 Å². The Balaban J connectivity index is 0.000000109. The Morgan fingerprint density at radius 3 is 1.18 bits per heavy atom. The highest BCUT2D eigenvalue weighted by Gasteiger charge is 2.51. The first kappa shape index (κ1) is 72.1. The third kappa shape index (κ3) is 13.9. The molecular weight excluding hydrogens is 1370 g/mol. The molecule has 14 fully saturated rings. The van der Waals surface area contributed by atoms with Crippen LogP contribution in [-0.2, 0) is 10.0 Å². The number of fused-ring (bicyclic) bond motifs is 15. The highest BCUT2D eigenvalue weighted by atomic mass is 32.2. The number of H-pyrrole nitrogens is 1. The molecule has 12 heterocycles. The van der Waals surface area contributed by atoms with Crippen LogP contribution in [0.5, 0.6) is 0 Å². The van der Waals surface area contributed by atoms with Gasteiger partial charge >= 0.3 is 0 Å². The van der Waals surface area contributed by atoms with Crippen molar-refractivity contribution in [2.45, 2.75) is 373 Å². The van der Waals surface area contributed by atoms with E-state index in [9.17, 15) is 8.42 Å². The predicted octanol–water partition coefficient (Wildman–Crippen LogP) is 19.8. The van der Waals surface area contributed by atoms with E-state index in [2.05, 4.69) is 127 Å². The summed E-state index contributed by atoms with van der Waals surface area (Å²) < 4.78 is 42.9. The van der Waals surface area contributed by atoms with Crippen molar-refractivity contribution in [1.29, 1.82) is 0 Å². The van der Waals surface area contributed by atoms with E-state index in [-0.39, 0.29) is 10.9 Å². The van der Waals surface area contributed by atoms with Gasteiger partial charge in [0.05, 0.1) is 39.1 Å². The summed E-state index contributed by atoms with van der Waals surface area (Å²) in [5.74, 6) is 10.8. The lowest BCUT2D eigenvalue weighted by atomic mass is 9.73. The summed E-state index contributed by atoms with van der Waals surface area (Å²) in [5, 5.41) is 19.0. The van der Waals surface area contributed by atoms with Gasteiger partial charge in [0.15, 0.2) is 11.6 Å². The summed E-state index contributed by atoms with van der Waals surface area (Å²) >= 11 is 0. The zero-order valence-electron chi connectivity index (χ0n) is 65.8. The number of hydrogen-bond acceptors (Lipinski definition) is 13. The molecule has 1 N–H and O–H groups in total. The number of tetrazole rings is 1. The first-order chi connectivity index (χ1) is 53.5. The molecule has 6 unspecified atom stereocenters. The number of aromatic nitrogens is 11. The molecule has 19 heteroatoms. The fraction of sp³-hybridized carbons (Fsp3) is 0.722. The van der Waals surface area contributed by atoms with E-state index in [0.29, 0.717) is 72.0 Å². The van der Waals surface area contributed by atoms with Gasteiger partial charge in [-0.25, -0.2) is 23.4 Å². The normalized spacial score (nSPS) is 35.5. The third-order valence-electron chi connectivity index (χ3n) is 31.6. The molecule has 22 rings (SSSR count). The predicted molar refractivity (Wildman–Crippen MR) is 429 cm³/mol. The first-order valence-electron chi connectivity index (χ1n) is 45.0. The van der Waals surface area contributed by atoms with Gasteiger partial charge in [0.2, 0.25) is 15.8 Å². The zero-order chi connectivity index (χ0) is 72.8. The van der Waals surface area contributed by atoms with Crippen molar-refractivity contribution in [1.82, 2.24) is 73.4 Å². The van der Waals surface area contributed by atoms with Crippen molar-refractivity contribution in [2.24, 2.45) is 35.5 Å². The molecule has 7 saturated heterocycles. The second-order valence-electron chi connectivity index (χ2n) is 38.2. The fourth-order valence-corrected chi connectivity index (χ4v) is 29.5. The highest BCUT2D eigenvalue weighted by molar-refractivity contribution is 7.89. The van der Waals surface area contributed by atoms with E-state index >= 15 is 0 Å². The largest absolute Gasteiger partial charge is 0.360 e. The minimum absolute atomic E-state index is 0.220. The average molecular weight is 1500 g/mol. The molecule has 0 radical (unpaired) electrons. The maximum absolute atomic E-state index is 14.1. The zero-order valence-corrected chi connectivity index (χ0v) is 66.6. The molecule has 14 aliphatic rings. The lowest BCUT2D eigenvalue weighted by Gasteiger charge is -2.54. The topological polar surface area (TPSA) is 181 Å². The Kier molecular flexibility index (Phi) is 20.4. The number of piperidine rings is 6. The van der Waals surface area contributed by atoms with Gasteiger partial charge in [-0.2, -0.15) is 9.52 Å². The van der Waals surface area contributed by atoms with E-state index in [1.165, 1.54) is 260 Å². The van der Waals surface area contributed by atoms with E-state index < -0.39 is 10.0 Å². The molecule has 0 amide bonds. The third-order valence-corrected chi connectivity index (χ3v) is 33.7. The van der Waals surface area contributed by atoms with Gasteiger partial charge < -0.3 is 18.2 Å². The van der Waals surface area contributed by atoms with Gasteiger partial charge in [-0.1, -0.05) is 151 Å². The van der Waals surface area contributed by atoms with E-state index in [1.807, 2.05) is 0 Å². The summed E-state index contributed by atoms with van der Waals surface area (Å²) in [4.78, 5) is 24.8. The molecule has 8 aromatic rings. The smallest absolute Gasteiger partial charge is 0.249 e. The number of rotatable bonds is 11. The summed E-state index contributed by atoms with van der Waals surface area (Å²) in [7, 11) is -3.77. The van der Waals surface area contributed by atoms with E-state index in [1.54, 1.807) is 24.6 Å². The maximum Gasteiger partial charge on any atom is 0.249 e. The number of hydrogen-bond donors (Lipinski definition) is 1. The first-order valence-corrected chi connectivity index (χ1v) is 46.4. The molecule has 12 bridgehead atoms. The van der Waals surface area contributed by atoms with Gasteiger partial charge in [0.25, 0.3) is 0 Å². The molecule has 7 saturated carbocycles. The van der Waals surface area contributed by atoms with Crippen LogP contribution in [-0.4, -0.2) is 143 Å². The van der Waals surface area contributed by atoms with Crippen LogP contribution < -0.4 is 0 Å². The summed E-state index contributed by atoms with van der Waals surface area (Å²) in [5.41, 5.74) is 7.45. The Hall–Kier alpha value is -5.86. The Morgan fingerprint density at radius 1 is 0.385 bits per heavy atom. The summed E-state index contributed by atoms with van der Waals surface area (Å²) in [6.45, 7) is 3.91. The number of sulfonamides is 1. The van der Waals surface area contributed by atoms with Crippen LogP contribution in [0.1, 0.15) is 323 Å². The standard InChI is InChI=1S/C34H47N5O3S.C30H43N3.C26H35N7/c1-22-33(23(2)42-36-22)43(40,41)37-16-8-15-32(37)34-35-30-13-5-6-14-31(30)39(34)29-20-26-11-7-12-27(21-29)38(26)28-18-24-9-3-4-10-25(17-24)19-28;1-2-9-22-16-21(8-1)17-26(18-22)32-24-12-7-13-25(32)20-27(19-24)33-29-15-6-5-14-28(29)31-30(33)23-10-3-4-11-23;1-2-7-18-12-17(6-1)13-21(14-18)32-19-8-5-9-20(32)16-22(15-19)33-24-11-4-3-10-23(24)27-26(33)25-28-30-31-29-25/h5-6,13-14,24-29,32H,3-4,7-12,15-21H2,1-2H3;5-6,14-15,21-27H,1-4,7-13,16-20H2;3-4,10-11,17-22H,1-2,5-9,12-16H2,(H,28,29,30,31)/t24-,25+,26-,27+,28?,29?,32-;21-,22+,24-,25+,26?,27?;17-,18+,19-,20+,21?,22?/m1../s1. The van der Waals surface area contributed by atoms with Crippen molar-refractivity contribution in [3.63, 3.8) is 0 Å². The van der Waals surface area contributed by atoms with E-state index in [4.69, 9.17) is 19.5 Å². The number of benzene rings is 3. The molecule has 7 aliphatic carbocycles. The lowest BCUT2D eigenvalue weighted by molar-refractivity contribution is -0.0423. The van der Waals surface area contributed by atoms with Gasteiger partial charge in [-0.15, -0.1) is 10.2 Å². The Bertz CT molecular complexity index is 4470.